The Hall–Kier alpha value is -0.410. The summed E-state index contributed by atoms with van der Waals surface area (Å²) >= 11 is 0. The summed E-state index contributed by atoms with van der Waals surface area (Å²) in [7, 11) is 0. The standard InChI is InChI=1S/C14H27NO2/c1-3-8-14(2,12-17)11-15-9-6-4-5-7-13(15)10-16/h12-13,16H,3-11H2,1-2H3. The maximum Gasteiger partial charge on any atom is 0.127 e. The molecule has 2 atom stereocenters. The van der Waals surface area contributed by atoms with E-state index in [9.17, 15) is 9.90 Å². The van der Waals surface area contributed by atoms with Crippen molar-refractivity contribution in [1.82, 2.24) is 4.90 Å². The number of carbonyl (C=O) groups excluding carboxylic acids is 1. The van der Waals surface area contributed by atoms with E-state index >= 15 is 0 Å². The minimum atomic E-state index is -0.244. The van der Waals surface area contributed by atoms with Crippen LogP contribution in [-0.4, -0.2) is 42.0 Å². The van der Waals surface area contributed by atoms with Gasteiger partial charge in [0.15, 0.2) is 0 Å². The molecule has 1 saturated heterocycles. The second-order valence-electron chi connectivity index (χ2n) is 5.68. The van der Waals surface area contributed by atoms with Crippen LogP contribution < -0.4 is 0 Å². The van der Waals surface area contributed by atoms with Crippen LogP contribution in [0.1, 0.15) is 52.4 Å². The zero-order valence-corrected chi connectivity index (χ0v) is 11.3. The number of aldehydes is 1. The molecule has 0 aliphatic carbocycles. The van der Waals surface area contributed by atoms with E-state index in [1.165, 1.54) is 19.3 Å². The molecule has 0 saturated carbocycles. The van der Waals surface area contributed by atoms with Crippen LogP contribution in [-0.2, 0) is 4.79 Å². The van der Waals surface area contributed by atoms with E-state index < -0.39 is 0 Å². The first-order chi connectivity index (χ1) is 8.15. The molecule has 1 aliphatic rings. The number of carbonyl (C=O) groups is 1. The Labute approximate surface area is 105 Å². The number of likely N-dealkylation sites (tertiary alicyclic amines) is 1. The fraction of sp³-hybridized carbons (Fsp3) is 0.929. The van der Waals surface area contributed by atoms with Crippen molar-refractivity contribution < 1.29 is 9.90 Å². The first-order valence-corrected chi connectivity index (χ1v) is 6.96. The Kier molecular flexibility index (Phi) is 6.14. The SMILES string of the molecule is CCCC(C)(C=O)CN1CCCCCC1CO. The second kappa shape index (κ2) is 7.12. The van der Waals surface area contributed by atoms with E-state index in [0.717, 1.165) is 38.6 Å². The van der Waals surface area contributed by atoms with Gasteiger partial charge in [0.25, 0.3) is 0 Å². The van der Waals surface area contributed by atoms with Gasteiger partial charge in [-0.1, -0.05) is 33.1 Å². The van der Waals surface area contributed by atoms with Crippen molar-refractivity contribution in [2.24, 2.45) is 5.41 Å². The van der Waals surface area contributed by atoms with Gasteiger partial charge >= 0.3 is 0 Å². The van der Waals surface area contributed by atoms with E-state index in [0.29, 0.717) is 0 Å². The molecule has 1 heterocycles. The van der Waals surface area contributed by atoms with Gasteiger partial charge in [-0.25, -0.2) is 0 Å². The third-order valence-electron chi connectivity index (χ3n) is 3.88. The highest BCUT2D eigenvalue weighted by Gasteiger charge is 2.29. The predicted octanol–water partition coefficient (Wildman–Crippen LogP) is 2.23. The predicted molar refractivity (Wildman–Crippen MR) is 70.0 cm³/mol. The van der Waals surface area contributed by atoms with E-state index in [-0.39, 0.29) is 18.1 Å². The number of aliphatic hydroxyl groups is 1. The summed E-state index contributed by atoms with van der Waals surface area (Å²) in [4.78, 5) is 13.6. The quantitative estimate of drug-likeness (QED) is 0.725. The zero-order chi connectivity index (χ0) is 12.7. The van der Waals surface area contributed by atoms with Gasteiger partial charge in [0, 0.05) is 18.0 Å². The highest BCUT2D eigenvalue weighted by atomic mass is 16.3. The molecule has 1 fully saturated rings. The summed E-state index contributed by atoms with van der Waals surface area (Å²) in [5.74, 6) is 0. The van der Waals surface area contributed by atoms with E-state index in [2.05, 4.69) is 11.8 Å². The third-order valence-corrected chi connectivity index (χ3v) is 3.88. The smallest absolute Gasteiger partial charge is 0.127 e. The highest BCUT2D eigenvalue weighted by molar-refractivity contribution is 5.59. The lowest BCUT2D eigenvalue weighted by Crippen LogP contribution is -2.44. The molecule has 0 bridgehead atoms. The molecule has 100 valence electrons. The zero-order valence-electron chi connectivity index (χ0n) is 11.3. The van der Waals surface area contributed by atoms with Gasteiger partial charge in [-0.3, -0.25) is 4.90 Å². The largest absolute Gasteiger partial charge is 0.395 e. The van der Waals surface area contributed by atoms with E-state index in [1.807, 2.05) is 6.92 Å². The van der Waals surface area contributed by atoms with Gasteiger partial charge in [0.2, 0.25) is 0 Å². The van der Waals surface area contributed by atoms with Crippen LogP contribution in [0.15, 0.2) is 0 Å². The van der Waals surface area contributed by atoms with E-state index in [4.69, 9.17) is 0 Å². The molecule has 1 N–H and O–H groups in total. The molecule has 0 aromatic heterocycles. The Morgan fingerprint density at radius 2 is 2.18 bits per heavy atom. The molecular formula is C14H27NO2. The van der Waals surface area contributed by atoms with Crippen LogP contribution in [0.2, 0.25) is 0 Å². The fourth-order valence-electron chi connectivity index (χ4n) is 2.86. The average molecular weight is 241 g/mol. The van der Waals surface area contributed by atoms with Gasteiger partial charge in [-0.05, 0) is 25.8 Å². The molecule has 0 aromatic carbocycles. The Balaban J connectivity index is 2.64. The summed E-state index contributed by atoms with van der Waals surface area (Å²) in [5, 5.41) is 9.46. The number of aliphatic hydroxyl groups excluding tert-OH is 1. The maximum absolute atomic E-state index is 11.3. The Bertz CT molecular complexity index is 232. The molecule has 1 rings (SSSR count). The van der Waals surface area contributed by atoms with Crippen molar-refractivity contribution in [1.29, 1.82) is 0 Å². The van der Waals surface area contributed by atoms with Crippen LogP contribution in [0.25, 0.3) is 0 Å². The summed E-state index contributed by atoms with van der Waals surface area (Å²) in [6.45, 7) is 6.21. The molecule has 1 aliphatic heterocycles. The number of nitrogens with zero attached hydrogens (tertiary/aromatic N) is 1. The molecule has 0 radical (unpaired) electrons. The number of hydrogen-bond acceptors (Lipinski definition) is 3. The van der Waals surface area contributed by atoms with Gasteiger partial charge < -0.3 is 9.90 Å². The van der Waals surface area contributed by atoms with Gasteiger partial charge in [0.1, 0.15) is 6.29 Å². The monoisotopic (exact) mass is 241 g/mol. The molecule has 2 unspecified atom stereocenters. The Morgan fingerprint density at radius 3 is 2.76 bits per heavy atom. The van der Waals surface area contributed by atoms with Crippen LogP contribution >= 0.6 is 0 Å². The summed E-state index contributed by atoms with van der Waals surface area (Å²) < 4.78 is 0. The van der Waals surface area contributed by atoms with Crippen LogP contribution in [0.3, 0.4) is 0 Å². The lowest BCUT2D eigenvalue weighted by atomic mass is 9.86. The van der Waals surface area contributed by atoms with E-state index in [1.54, 1.807) is 0 Å². The normalized spacial score (nSPS) is 26.2. The van der Waals surface area contributed by atoms with Gasteiger partial charge in [-0.15, -0.1) is 0 Å². The molecule has 3 nitrogen and oxygen atoms in total. The fourth-order valence-corrected chi connectivity index (χ4v) is 2.86. The topological polar surface area (TPSA) is 40.5 Å². The van der Waals surface area contributed by atoms with Crippen LogP contribution in [0.4, 0.5) is 0 Å². The van der Waals surface area contributed by atoms with Crippen molar-refractivity contribution >= 4 is 6.29 Å². The summed E-state index contributed by atoms with van der Waals surface area (Å²) in [6, 6.07) is 0.258. The van der Waals surface area contributed by atoms with Crippen molar-refractivity contribution in [3.05, 3.63) is 0 Å². The second-order valence-corrected chi connectivity index (χ2v) is 5.68. The highest BCUT2D eigenvalue weighted by Crippen LogP contribution is 2.26. The van der Waals surface area contributed by atoms with Gasteiger partial charge in [0.05, 0.1) is 6.61 Å². The molecule has 0 amide bonds. The molecular weight excluding hydrogens is 214 g/mol. The molecule has 0 spiro atoms. The minimum Gasteiger partial charge on any atom is -0.395 e. The first kappa shape index (κ1) is 14.7. The molecule has 3 heteroatoms. The van der Waals surface area contributed by atoms with Gasteiger partial charge in [-0.2, -0.15) is 0 Å². The molecule has 17 heavy (non-hydrogen) atoms. The minimum absolute atomic E-state index is 0.223. The number of rotatable bonds is 6. The first-order valence-electron chi connectivity index (χ1n) is 6.96. The summed E-state index contributed by atoms with van der Waals surface area (Å²) in [5.41, 5.74) is -0.244. The van der Waals surface area contributed by atoms with Crippen molar-refractivity contribution in [2.45, 2.75) is 58.4 Å². The number of hydrogen-bond donors (Lipinski definition) is 1. The molecule has 0 aromatic rings. The van der Waals surface area contributed by atoms with Crippen LogP contribution in [0.5, 0.6) is 0 Å². The Morgan fingerprint density at radius 1 is 1.41 bits per heavy atom. The van der Waals surface area contributed by atoms with Crippen molar-refractivity contribution in [3.63, 3.8) is 0 Å². The van der Waals surface area contributed by atoms with Crippen molar-refractivity contribution in [3.8, 4) is 0 Å². The average Bonchev–Trinajstić information content (AvgIpc) is 2.54. The summed E-state index contributed by atoms with van der Waals surface area (Å²) in [6.07, 6.45) is 7.79. The maximum atomic E-state index is 11.3. The van der Waals surface area contributed by atoms with Crippen LogP contribution in [0, 0.1) is 5.41 Å². The van der Waals surface area contributed by atoms with Crippen molar-refractivity contribution in [2.75, 3.05) is 19.7 Å². The third kappa shape index (κ3) is 4.40. The lowest BCUT2D eigenvalue weighted by Gasteiger charge is -2.35. The lowest BCUT2D eigenvalue weighted by molar-refractivity contribution is -0.117.